The fourth-order valence-corrected chi connectivity index (χ4v) is 2.31. The van der Waals surface area contributed by atoms with E-state index in [4.69, 9.17) is 19.7 Å². The van der Waals surface area contributed by atoms with E-state index in [2.05, 4.69) is 5.43 Å². The van der Waals surface area contributed by atoms with Crippen molar-refractivity contribution in [3.05, 3.63) is 47.4 Å². The number of nitrogens with one attached hydrogen (secondary N) is 1. The third-order valence-electron chi connectivity index (χ3n) is 3.28. The molecule has 21 heavy (non-hydrogen) atoms. The number of rotatable bonds is 7. The van der Waals surface area contributed by atoms with Crippen LogP contribution >= 0.6 is 0 Å². The zero-order valence-corrected chi connectivity index (χ0v) is 12.7. The first kappa shape index (κ1) is 15.4. The lowest BCUT2D eigenvalue weighted by atomic mass is 9.99. The fourth-order valence-electron chi connectivity index (χ4n) is 2.31. The molecule has 1 aromatic heterocycles. The second kappa shape index (κ2) is 7.15. The SMILES string of the molecule is CCOc1ccc(C(NN)c2ccoc2C)cc1OCC. The van der Waals surface area contributed by atoms with Gasteiger partial charge in [-0.05, 0) is 44.5 Å². The van der Waals surface area contributed by atoms with Crippen LogP contribution in [0.1, 0.15) is 36.8 Å². The molecule has 0 bridgehead atoms. The zero-order chi connectivity index (χ0) is 15.2. The molecule has 1 aromatic carbocycles. The van der Waals surface area contributed by atoms with Gasteiger partial charge in [0.15, 0.2) is 11.5 Å². The molecular weight excluding hydrogens is 268 g/mol. The van der Waals surface area contributed by atoms with Crippen molar-refractivity contribution in [3.63, 3.8) is 0 Å². The van der Waals surface area contributed by atoms with Crippen molar-refractivity contribution < 1.29 is 13.9 Å². The molecule has 0 aliphatic heterocycles. The number of hydrogen-bond donors (Lipinski definition) is 2. The summed E-state index contributed by atoms with van der Waals surface area (Å²) in [5, 5.41) is 0. The van der Waals surface area contributed by atoms with E-state index in [1.807, 2.05) is 45.0 Å². The summed E-state index contributed by atoms with van der Waals surface area (Å²) < 4.78 is 16.6. The average molecular weight is 290 g/mol. The van der Waals surface area contributed by atoms with Crippen LogP contribution in [-0.4, -0.2) is 13.2 Å². The van der Waals surface area contributed by atoms with Gasteiger partial charge < -0.3 is 13.9 Å². The van der Waals surface area contributed by atoms with Crippen LogP contribution in [0.4, 0.5) is 0 Å². The number of nitrogens with two attached hydrogens (primary N) is 1. The van der Waals surface area contributed by atoms with Crippen LogP contribution in [0, 0.1) is 6.92 Å². The quantitative estimate of drug-likeness (QED) is 0.606. The lowest BCUT2D eigenvalue weighted by Crippen LogP contribution is -2.29. The minimum absolute atomic E-state index is 0.154. The third-order valence-corrected chi connectivity index (χ3v) is 3.28. The van der Waals surface area contributed by atoms with Gasteiger partial charge in [0.25, 0.3) is 0 Å². The molecule has 2 aromatic rings. The maximum Gasteiger partial charge on any atom is 0.161 e. The van der Waals surface area contributed by atoms with Crippen LogP contribution in [0.2, 0.25) is 0 Å². The summed E-state index contributed by atoms with van der Waals surface area (Å²) in [6.07, 6.45) is 1.66. The van der Waals surface area contributed by atoms with E-state index < -0.39 is 0 Å². The lowest BCUT2D eigenvalue weighted by Gasteiger charge is -2.18. The summed E-state index contributed by atoms with van der Waals surface area (Å²) in [4.78, 5) is 0. The molecule has 0 aliphatic carbocycles. The Labute approximate surface area is 125 Å². The van der Waals surface area contributed by atoms with Gasteiger partial charge in [0.1, 0.15) is 5.76 Å². The predicted octanol–water partition coefficient (Wildman–Crippen LogP) is 2.94. The Balaban J connectivity index is 2.38. The van der Waals surface area contributed by atoms with Crippen molar-refractivity contribution in [2.75, 3.05) is 13.2 Å². The number of aryl methyl sites for hydroxylation is 1. The van der Waals surface area contributed by atoms with Crippen LogP contribution < -0.4 is 20.7 Å². The number of hydrazine groups is 1. The van der Waals surface area contributed by atoms with E-state index in [-0.39, 0.29) is 6.04 Å². The van der Waals surface area contributed by atoms with Gasteiger partial charge in [-0.3, -0.25) is 5.84 Å². The summed E-state index contributed by atoms with van der Waals surface area (Å²) in [6.45, 7) is 6.98. The predicted molar refractivity (Wildman–Crippen MR) is 81.4 cm³/mol. The average Bonchev–Trinajstić information content (AvgIpc) is 2.89. The molecule has 3 N–H and O–H groups in total. The molecule has 1 atom stereocenters. The molecular formula is C16H22N2O3. The van der Waals surface area contributed by atoms with E-state index in [0.717, 1.165) is 28.4 Å². The van der Waals surface area contributed by atoms with Gasteiger partial charge in [0.2, 0.25) is 0 Å². The number of hydrogen-bond acceptors (Lipinski definition) is 5. The standard InChI is InChI=1S/C16H22N2O3/c1-4-19-14-7-6-12(10-15(14)20-5-2)16(18-17)13-8-9-21-11(13)3/h6-10,16,18H,4-5,17H2,1-3H3. The van der Waals surface area contributed by atoms with Crippen molar-refractivity contribution in [2.24, 2.45) is 5.84 Å². The molecule has 114 valence electrons. The maximum atomic E-state index is 5.72. The van der Waals surface area contributed by atoms with Crippen LogP contribution in [-0.2, 0) is 0 Å². The minimum atomic E-state index is -0.154. The van der Waals surface area contributed by atoms with Gasteiger partial charge in [-0.25, -0.2) is 5.43 Å². The molecule has 0 amide bonds. The third kappa shape index (κ3) is 3.37. The zero-order valence-electron chi connectivity index (χ0n) is 12.7. The molecule has 0 saturated heterocycles. The Morgan fingerprint density at radius 2 is 1.86 bits per heavy atom. The second-order valence-electron chi connectivity index (χ2n) is 4.60. The highest BCUT2D eigenvalue weighted by Gasteiger charge is 2.18. The van der Waals surface area contributed by atoms with E-state index in [1.54, 1.807) is 6.26 Å². The molecule has 1 unspecified atom stereocenters. The summed E-state index contributed by atoms with van der Waals surface area (Å²) >= 11 is 0. The fraction of sp³-hybridized carbons (Fsp3) is 0.375. The molecule has 1 heterocycles. The Kier molecular flexibility index (Phi) is 5.25. The van der Waals surface area contributed by atoms with E-state index in [9.17, 15) is 0 Å². The van der Waals surface area contributed by atoms with Crippen LogP contribution in [0.5, 0.6) is 11.5 Å². The monoisotopic (exact) mass is 290 g/mol. The molecule has 0 saturated carbocycles. The van der Waals surface area contributed by atoms with E-state index in [1.165, 1.54) is 0 Å². The van der Waals surface area contributed by atoms with Crippen molar-refractivity contribution >= 4 is 0 Å². The molecule has 5 heteroatoms. The molecule has 0 radical (unpaired) electrons. The Morgan fingerprint density at radius 3 is 2.43 bits per heavy atom. The van der Waals surface area contributed by atoms with Crippen molar-refractivity contribution in [2.45, 2.75) is 26.8 Å². The van der Waals surface area contributed by atoms with E-state index >= 15 is 0 Å². The molecule has 0 spiro atoms. The second-order valence-corrected chi connectivity index (χ2v) is 4.60. The van der Waals surface area contributed by atoms with Gasteiger partial charge >= 0.3 is 0 Å². The first-order valence-electron chi connectivity index (χ1n) is 7.10. The highest BCUT2D eigenvalue weighted by atomic mass is 16.5. The molecule has 5 nitrogen and oxygen atoms in total. The highest BCUT2D eigenvalue weighted by Crippen LogP contribution is 2.33. The first-order valence-corrected chi connectivity index (χ1v) is 7.10. The van der Waals surface area contributed by atoms with Gasteiger partial charge in [0, 0.05) is 5.56 Å². The van der Waals surface area contributed by atoms with Gasteiger partial charge in [0.05, 0.1) is 25.5 Å². The lowest BCUT2D eigenvalue weighted by molar-refractivity contribution is 0.287. The first-order chi connectivity index (χ1) is 10.2. The number of ether oxygens (including phenoxy) is 2. The summed E-state index contributed by atoms with van der Waals surface area (Å²) in [6, 6.07) is 7.59. The minimum Gasteiger partial charge on any atom is -0.490 e. The molecule has 2 rings (SSSR count). The van der Waals surface area contributed by atoms with Crippen molar-refractivity contribution in [3.8, 4) is 11.5 Å². The van der Waals surface area contributed by atoms with Crippen LogP contribution in [0.3, 0.4) is 0 Å². The summed E-state index contributed by atoms with van der Waals surface area (Å²) in [5.41, 5.74) is 4.82. The van der Waals surface area contributed by atoms with Gasteiger partial charge in [-0.1, -0.05) is 6.07 Å². The van der Waals surface area contributed by atoms with E-state index in [0.29, 0.717) is 13.2 Å². The summed E-state index contributed by atoms with van der Waals surface area (Å²) in [7, 11) is 0. The number of benzene rings is 1. The Morgan fingerprint density at radius 1 is 1.14 bits per heavy atom. The van der Waals surface area contributed by atoms with Crippen LogP contribution in [0.25, 0.3) is 0 Å². The van der Waals surface area contributed by atoms with Crippen molar-refractivity contribution in [1.29, 1.82) is 0 Å². The van der Waals surface area contributed by atoms with Crippen molar-refractivity contribution in [1.82, 2.24) is 5.43 Å². The van der Waals surface area contributed by atoms with Crippen LogP contribution in [0.15, 0.2) is 34.9 Å². The summed E-state index contributed by atoms with van der Waals surface area (Å²) in [5.74, 6) is 8.02. The largest absolute Gasteiger partial charge is 0.490 e. The molecule has 0 fully saturated rings. The topological polar surface area (TPSA) is 69.7 Å². The molecule has 0 aliphatic rings. The Bertz CT molecular complexity index is 581. The normalized spacial score (nSPS) is 12.2. The number of furan rings is 1. The smallest absolute Gasteiger partial charge is 0.161 e. The highest BCUT2D eigenvalue weighted by molar-refractivity contribution is 5.46. The maximum absolute atomic E-state index is 5.72. The van der Waals surface area contributed by atoms with Gasteiger partial charge in [-0.2, -0.15) is 0 Å². The van der Waals surface area contributed by atoms with Gasteiger partial charge in [-0.15, -0.1) is 0 Å². The Hall–Kier alpha value is -1.98.